The summed E-state index contributed by atoms with van der Waals surface area (Å²) in [6.07, 6.45) is 0. The van der Waals surface area contributed by atoms with Gasteiger partial charge in [0.1, 0.15) is 5.82 Å². The van der Waals surface area contributed by atoms with E-state index in [1.54, 1.807) is 0 Å². The highest BCUT2D eigenvalue weighted by molar-refractivity contribution is 6.82. The van der Waals surface area contributed by atoms with Gasteiger partial charge in [-0.1, -0.05) is 58.8 Å². The van der Waals surface area contributed by atoms with Crippen LogP contribution in [-0.2, 0) is 0 Å². The third kappa shape index (κ3) is 4.67. The third-order valence-electron chi connectivity index (χ3n) is 7.09. The van der Waals surface area contributed by atoms with Gasteiger partial charge in [0.2, 0.25) is 5.82 Å². The SMILES string of the molecule is CC[Si](CC)(CC)CC[Si](C)(Oc1c(F)c(F)c2c(F)c(F)[c]c(F)c2c1F)C(C)C. The van der Waals surface area contributed by atoms with Crippen molar-refractivity contribution in [2.45, 2.75) is 76.9 Å². The smallest absolute Gasteiger partial charge is 0.250 e. The number of fused-ring (bicyclic) bond motifs is 1. The van der Waals surface area contributed by atoms with Crippen molar-refractivity contribution < 1.29 is 30.8 Å². The van der Waals surface area contributed by atoms with E-state index >= 15 is 4.39 Å². The summed E-state index contributed by atoms with van der Waals surface area (Å²) in [7, 11) is -4.41. The van der Waals surface area contributed by atoms with E-state index in [1.165, 1.54) is 6.07 Å². The Hall–Kier alpha value is -1.49. The van der Waals surface area contributed by atoms with Gasteiger partial charge < -0.3 is 4.43 Å². The molecule has 0 N–H and O–H groups in total. The zero-order chi connectivity index (χ0) is 23.7. The molecule has 2 aromatic carbocycles. The Kier molecular flexibility index (Phi) is 7.95. The number of rotatable bonds is 9. The van der Waals surface area contributed by atoms with Gasteiger partial charge >= 0.3 is 0 Å². The van der Waals surface area contributed by atoms with Crippen LogP contribution in [-0.4, -0.2) is 16.4 Å². The second kappa shape index (κ2) is 9.56. The summed E-state index contributed by atoms with van der Waals surface area (Å²) in [4.78, 5) is 0. The Morgan fingerprint density at radius 2 is 1.29 bits per heavy atom. The van der Waals surface area contributed by atoms with Crippen molar-refractivity contribution in [3.8, 4) is 5.75 Å². The lowest BCUT2D eigenvalue weighted by Crippen LogP contribution is -2.45. The zero-order valence-corrected chi connectivity index (χ0v) is 20.8. The molecule has 0 aliphatic rings. The maximum absolute atomic E-state index is 15.1. The first kappa shape index (κ1) is 25.8. The van der Waals surface area contributed by atoms with Crippen LogP contribution in [0.4, 0.5) is 26.3 Å². The maximum Gasteiger partial charge on any atom is 0.250 e. The lowest BCUT2D eigenvalue weighted by Gasteiger charge is -2.36. The molecule has 0 heterocycles. The van der Waals surface area contributed by atoms with Crippen molar-refractivity contribution in [1.29, 1.82) is 0 Å². The van der Waals surface area contributed by atoms with E-state index in [9.17, 15) is 22.0 Å². The monoisotopic (exact) mass is 479 g/mol. The molecule has 0 spiro atoms. The van der Waals surface area contributed by atoms with Crippen molar-refractivity contribution in [2.75, 3.05) is 0 Å². The highest BCUT2D eigenvalue weighted by atomic mass is 28.4. The molecule has 31 heavy (non-hydrogen) atoms. The predicted octanol–water partition coefficient (Wildman–Crippen LogP) is 8.35. The molecular formula is C22H29F6OSi2. The number of halogens is 6. The largest absolute Gasteiger partial charge is 0.539 e. The topological polar surface area (TPSA) is 9.23 Å². The minimum atomic E-state index is -2.85. The van der Waals surface area contributed by atoms with Gasteiger partial charge in [-0.05, 0) is 18.1 Å². The van der Waals surface area contributed by atoms with Crippen LogP contribution in [0, 0.1) is 41.0 Å². The van der Waals surface area contributed by atoms with Crippen LogP contribution < -0.4 is 4.43 Å². The van der Waals surface area contributed by atoms with Crippen LogP contribution >= 0.6 is 0 Å². The van der Waals surface area contributed by atoms with Gasteiger partial charge in [-0.2, -0.15) is 4.39 Å². The Morgan fingerprint density at radius 3 is 1.77 bits per heavy atom. The lowest BCUT2D eigenvalue weighted by molar-refractivity contribution is 0.412. The molecule has 2 aromatic rings. The van der Waals surface area contributed by atoms with Crippen molar-refractivity contribution in [2.24, 2.45) is 0 Å². The first-order valence-corrected chi connectivity index (χ1v) is 16.1. The van der Waals surface area contributed by atoms with Crippen LogP contribution in [0.2, 0.25) is 42.3 Å². The first-order chi connectivity index (χ1) is 14.4. The molecule has 0 bridgehead atoms. The van der Waals surface area contributed by atoms with E-state index in [0.29, 0.717) is 6.04 Å². The molecule has 9 heteroatoms. The van der Waals surface area contributed by atoms with E-state index in [0.717, 1.165) is 24.2 Å². The highest BCUT2D eigenvalue weighted by Crippen LogP contribution is 2.41. The average molecular weight is 480 g/mol. The van der Waals surface area contributed by atoms with Crippen LogP contribution in [0.5, 0.6) is 5.75 Å². The molecule has 173 valence electrons. The molecule has 0 fully saturated rings. The predicted molar refractivity (Wildman–Crippen MR) is 117 cm³/mol. The summed E-state index contributed by atoms with van der Waals surface area (Å²) < 4.78 is 91.9. The molecule has 1 radical (unpaired) electrons. The van der Waals surface area contributed by atoms with Crippen molar-refractivity contribution in [3.05, 3.63) is 41.0 Å². The lowest BCUT2D eigenvalue weighted by atomic mass is 10.1. The summed E-state index contributed by atoms with van der Waals surface area (Å²) in [6, 6.07) is 6.10. The quantitative estimate of drug-likeness (QED) is 0.199. The van der Waals surface area contributed by atoms with E-state index in [-0.39, 0.29) is 5.54 Å². The first-order valence-electron chi connectivity index (χ1n) is 10.6. The number of benzene rings is 2. The Balaban J connectivity index is 2.60. The van der Waals surface area contributed by atoms with Gasteiger partial charge in [-0.15, -0.1) is 0 Å². The number of hydrogen-bond acceptors (Lipinski definition) is 1. The summed E-state index contributed by atoms with van der Waals surface area (Å²) in [5.41, 5.74) is -0.0799. The van der Waals surface area contributed by atoms with Gasteiger partial charge in [0.05, 0.1) is 24.9 Å². The summed E-state index contributed by atoms with van der Waals surface area (Å²) in [5, 5.41) is -2.62. The van der Waals surface area contributed by atoms with E-state index in [2.05, 4.69) is 20.8 Å². The standard InChI is InChI=1S/C22H29F6OSi2/c1-7-31(8-2,9-3)11-10-30(6,13(4)5)29-22-20(27)16-14(23)12-15(24)18(25)17(16)19(26)21(22)28/h13H,7-11H2,1-6H3. The van der Waals surface area contributed by atoms with Crippen molar-refractivity contribution in [3.63, 3.8) is 0 Å². The Morgan fingerprint density at radius 1 is 0.742 bits per heavy atom. The molecule has 0 aliphatic heterocycles. The van der Waals surface area contributed by atoms with Crippen molar-refractivity contribution in [1.82, 2.24) is 0 Å². The molecule has 1 nitrogen and oxygen atoms in total. The summed E-state index contributed by atoms with van der Waals surface area (Å²) in [6.45, 7) is 12.0. The fourth-order valence-electron chi connectivity index (χ4n) is 3.95. The Bertz CT molecular complexity index is 953. The zero-order valence-electron chi connectivity index (χ0n) is 18.8. The van der Waals surface area contributed by atoms with Gasteiger partial charge in [-0.3, -0.25) is 0 Å². The normalized spacial score (nSPS) is 14.4. The second-order valence-electron chi connectivity index (χ2n) is 8.72. The minimum Gasteiger partial charge on any atom is -0.539 e. The van der Waals surface area contributed by atoms with Gasteiger partial charge in [-0.25, -0.2) is 22.0 Å². The second-order valence-corrected chi connectivity index (χ2v) is 18.8. The molecule has 0 amide bonds. The fourth-order valence-corrected chi connectivity index (χ4v) is 12.2. The van der Waals surface area contributed by atoms with Gasteiger partial charge in [0.15, 0.2) is 29.0 Å². The average Bonchev–Trinajstić information content (AvgIpc) is 2.73. The molecule has 0 saturated heterocycles. The van der Waals surface area contributed by atoms with Gasteiger partial charge in [0, 0.05) is 0 Å². The summed E-state index contributed by atoms with van der Waals surface area (Å²) in [5.74, 6) is -11.7. The van der Waals surface area contributed by atoms with Gasteiger partial charge in [0.25, 0.3) is 8.32 Å². The van der Waals surface area contributed by atoms with Crippen LogP contribution in [0.25, 0.3) is 10.8 Å². The maximum atomic E-state index is 15.1. The van der Waals surface area contributed by atoms with E-state index in [4.69, 9.17) is 4.43 Å². The molecule has 2 rings (SSSR count). The summed E-state index contributed by atoms with van der Waals surface area (Å²) >= 11 is 0. The third-order valence-corrected chi connectivity index (χ3v) is 17.8. The number of hydrogen-bond donors (Lipinski definition) is 0. The highest BCUT2D eigenvalue weighted by Gasteiger charge is 2.41. The minimum absolute atomic E-state index is 0.0799. The molecule has 0 saturated carbocycles. The molecular weight excluding hydrogens is 450 g/mol. The van der Waals surface area contributed by atoms with E-state index in [1.807, 2.05) is 20.4 Å². The fraction of sp³-hybridized carbons (Fsp3) is 0.545. The molecule has 0 aromatic heterocycles. The van der Waals surface area contributed by atoms with Crippen LogP contribution in [0.3, 0.4) is 0 Å². The van der Waals surface area contributed by atoms with Crippen LogP contribution in [0.15, 0.2) is 0 Å². The Labute approximate surface area is 181 Å². The molecule has 0 aliphatic carbocycles. The molecule has 1 atom stereocenters. The van der Waals surface area contributed by atoms with Crippen LogP contribution in [0.1, 0.15) is 34.6 Å². The molecule has 1 unspecified atom stereocenters. The van der Waals surface area contributed by atoms with Crippen molar-refractivity contribution >= 4 is 27.2 Å². The van der Waals surface area contributed by atoms with E-state index < -0.39 is 67.8 Å².